The number of hydrogen-bond acceptors (Lipinski definition) is 8. The maximum Gasteiger partial charge on any atom is 0.343 e. The van der Waals surface area contributed by atoms with Crippen molar-refractivity contribution in [2.45, 2.75) is 0 Å². The lowest BCUT2D eigenvalue weighted by Crippen LogP contribution is -2.10. The van der Waals surface area contributed by atoms with Gasteiger partial charge in [0.15, 0.2) is 0 Å². The first kappa shape index (κ1) is 22.1. The zero-order chi connectivity index (χ0) is 23.2. The number of rotatable bonds is 7. The largest absolute Gasteiger partial charge is 0.422 e. The predicted octanol–water partition coefficient (Wildman–Crippen LogP) is 6.04. The fourth-order valence-corrected chi connectivity index (χ4v) is 3.59. The Morgan fingerprint density at radius 2 is 1.82 bits per heavy atom. The van der Waals surface area contributed by atoms with E-state index in [0.717, 1.165) is 11.3 Å². The van der Waals surface area contributed by atoms with E-state index in [0.29, 0.717) is 21.5 Å². The number of nitro benzene ring substituents is 1. The molecule has 33 heavy (non-hydrogen) atoms. The molecule has 0 radical (unpaired) electrons. The van der Waals surface area contributed by atoms with Gasteiger partial charge in [-0.05, 0) is 36.4 Å². The molecule has 4 rings (SSSR count). The smallest absolute Gasteiger partial charge is 0.343 e. The van der Waals surface area contributed by atoms with E-state index in [4.69, 9.17) is 16.3 Å². The number of thiazole rings is 1. The third-order valence-corrected chi connectivity index (χ3v) is 5.44. The van der Waals surface area contributed by atoms with E-state index < -0.39 is 10.9 Å². The summed E-state index contributed by atoms with van der Waals surface area (Å²) in [4.78, 5) is 27.2. The first-order chi connectivity index (χ1) is 16.0. The maximum atomic E-state index is 12.4. The lowest BCUT2D eigenvalue weighted by atomic mass is 10.2. The highest BCUT2D eigenvalue weighted by atomic mass is 35.5. The van der Waals surface area contributed by atoms with Gasteiger partial charge in [0.2, 0.25) is 5.13 Å². The van der Waals surface area contributed by atoms with E-state index in [1.54, 1.807) is 36.4 Å². The van der Waals surface area contributed by atoms with Crippen LogP contribution in [0.15, 0.2) is 83.3 Å². The molecule has 0 aliphatic carbocycles. The predicted molar refractivity (Wildman–Crippen MR) is 128 cm³/mol. The van der Waals surface area contributed by atoms with Crippen LogP contribution in [-0.4, -0.2) is 22.1 Å². The topological polar surface area (TPSA) is 107 Å². The van der Waals surface area contributed by atoms with Crippen LogP contribution in [0.3, 0.4) is 0 Å². The number of ether oxygens (including phenoxy) is 1. The number of hydrazone groups is 1. The van der Waals surface area contributed by atoms with Gasteiger partial charge < -0.3 is 4.74 Å². The molecule has 0 aliphatic rings. The number of anilines is 1. The van der Waals surface area contributed by atoms with E-state index in [1.807, 2.05) is 17.5 Å². The molecule has 0 atom stereocenters. The van der Waals surface area contributed by atoms with Crippen molar-refractivity contribution in [3.05, 3.63) is 104 Å². The molecule has 0 amide bonds. The Morgan fingerprint density at radius 3 is 2.55 bits per heavy atom. The van der Waals surface area contributed by atoms with E-state index in [1.165, 1.54) is 41.8 Å². The molecule has 0 unspecified atom stereocenters. The molecule has 0 bridgehead atoms. The van der Waals surface area contributed by atoms with Crippen LogP contribution in [0.2, 0.25) is 5.02 Å². The van der Waals surface area contributed by atoms with Gasteiger partial charge in [-0.25, -0.2) is 9.78 Å². The summed E-state index contributed by atoms with van der Waals surface area (Å²) in [7, 11) is 0. The van der Waals surface area contributed by atoms with Gasteiger partial charge in [-0.1, -0.05) is 35.9 Å². The Morgan fingerprint density at radius 1 is 1.09 bits per heavy atom. The van der Waals surface area contributed by atoms with Crippen molar-refractivity contribution in [2.75, 3.05) is 5.43 Å². The molecular formula is C23H15ClN4O4S. The Labute approximate surface area is 197 Å². The highest BCUT2D eigenvalue weighted by Crippen LogP contribution is 2.26. The molecular weight excluding hydrogens is 464 g/mol. The molecule has 3 aromatic carbocycles. The number of halogens is 1. The van der Waals surface area contributed by atoms with Crippen molar-refractivity contribution in [3.63, 3.8) is 0 Å². The number of carbonyl (C=O) groups excluding carboxylic acids is 1. The standard InChI is InChI=1S/C23H15ClN4O4S/c24-18-9-5-15(6-10-18)20-14-33-23(26-20)27-25-13-17-3-1-2-4-21(17)32-22(29)16-7-11-19(12-8-16)28(30)31/h1-14H,(H,26,27)/b25-13-. The minimum atomic E-state index is -0.633. The van der Waals surface area contributed by atoms with Gasteiger partial charge in [0.05, 0.1) is 22.4 Å². The van der Waals surface area contributed by atoms with Gasteiger partial charge in [0.25, 0.3) is 5.69 Å². The van der Waals surface area contributed by atoms with Crippen molar-refractivity contribution in [2.24, 2.45) is 5.10 Å². The van der Waals surface area contributed by atoms with Crippen LogP contribution < -0.4 is 10.2 Å². The Kier molecular flexibility index (Phi) is 6.72. The second kappa shape index (κ2) is 10.0. The van der Waals surface area contributed by atoms with Crippen LogP contribution in [0.1, 0.15) is 15.9 Å². The molecule has 1 aromatic heterocycles. The molecule has 0 saturated carbocycles. The van der Waals surface area contributed by atoms with Crippen LogP contribution in [0, 0.1) is 10.1 Å². The fourth-order valence-electron chi connectivity index (χ4n) is 2.79. The zero-order valence-corrected chi connectivity index (χ0v) is 18.4. The third kappa shape index (κ3) is 5.59. The Bertz CT molecular complexity index is 1320. The van der Waals surface area contributed by atoms with Crippen molar-refractivity contribution in [3.8, 4) is 17.0 Å². The van der Waals surface area contributed by atoms with Crippen molar-refractivity contribution < 1.29 is 14.5 Å². The summed E-state index contributed by atoms with van der Waals surface area (Å²) < 4.78 is 5.45. The number of hydrogen-bond donors (Lipinski definition) is 1. The normalized spacial score (nSPS) is 10.8. The summed E-state index contributed by atoms with van der Waals surface area (Å²) in [6, 6.07) is 19.5. The summed E-state index contributed by atoms with van der Waals surface area (Å²) >= 11 is 7.32. The number of para-hydroxylation sites is 1. The molecule has 8 nitrogen and oxygen atoms in total. The molecule has 1 heterocycles. The van der Waals surface area contributed by atoms with Crippen molar-refractivity contribution >= 4 is 45.9 Å². The van der Waals surface area contributed by atoms with Gasteiger partial charge in [-0.15, -0.1) is 11.3 Å². The number of nitrogens with one attached hydrogen (secondary N) is 1. The minimum Gasteiger partial charge on any atom is -0.422 e. The monoisotopic (exact) mass is 478 g/mol. The Balaban J connectivity index is 1.43. The summed E-state index contributed by atoms with van der Waals surface area (Å²) in [5, 5.41) is 18.1. The second-order valence-corrected chi connectivity index (χ2v) is 7.94. The molecule has 0 aliphatic heterocycles. The summed E-state index contributed by atoms with van der Waals surface area (Å²) in [5.41, 5.74) is 5.27. The number of carbonyl (C=O) groups is 1. The number of non-ortho nitro benzene ring substituents is 1. The van der Waals surface area contributed by atoms with Crippen molar-refractivity contribution in [1.82, 2.24) is 4.98 Å². The average Bonchev–Trinajstić information content (AvgIpc) is 3.29. The zero-order valence-electron chi connectivity index (χ0n) is 16.8. The average molecular weight is 479 g/mol. The molecule has 10 heteroatoms. The maximum absolute atomic E-state index is 12.4. The van der Waals surface area contributed by atoms with Gasteiger partial charge in [0.1, 0.15) is 5.75 Å². The summed E-state index contributed by atoms with van der Waals surface area (Å²) in [5.74, 6) is -0.335. The molecule has 164 valence electrons. The van der Waals surface area contributed by atoms with Gasteiger partial charge in [-0.2, -0.15) is 5.10 Å². The molecule has 0 fully saturated rings. The lowest BCUT2D eigenvalue weighted by Gasteiger charge is -2.07. The first-order valence-corrected chi connectivity index (χ1v) is 10.8. The van der Waals surface area contributed by atoms with Crippen LogP contribution in [0.4, 0.5) is 10.8 Å². The van der Waals surface area contributed by atoms with Gasteiger partial charge >= 0.3 is 5.97 Å². The molecule has 0 saturated heterocycles. The van der Waals surface area contributed by atoms with Crippen LogP contribution in [-0.2, 0) is 0 Å². The van der Waals surface area contributed by atoms with E-state index in [2.05, 4.69) is 15.5 Å². The van der Waals surface area contributed by atoms with Crippen molar-refractivity contribution in [1.29, 1.82) is 0 Å². The van der Waals surface area contributed by atoms with E-state index in [-0.39, 0.29) is 11.3 Å². The van der Waals surface area contributed by atoms with Crippen LogP contribution >= 0.6 is 22.9 Å². The minimum absolute atomic E-state index is 0.105. The fraction of sp³-hybridized carbons (Fsp3) is 0. The second-order valence-electron chi connectivity index (χ2n) is 6.65. The number of aromatic nitrogens is 1. The molecule has 1 N–H and O–H groups in total. The Hall–Kier alpha value is -4.08. The number of nitro groups is 1. The first-order valence-electron chi connectivity index (χ1n) is 9.56. The van der Waals surface area contributed by atoms with E-state index in [9.17, 15) is 14.9 Å². The third-order valence-electron chi connectivity index (χ3n) is 4.44. The summed E-state index contributed by atoms with van der Waals surface area (Å²) in [6.07, 6.45) is 1.52. The number of benzene rings is 3. The quantitative estimate of drug-likeness (QED) is 0.114. The van der Waals surface area contributed by atoms with Gasteiger partial charge in [0, 0.05) is 33.7 Å². The highest BCUT2D eigenvalue weighted by Gasteiger charge is 2.13. The molecule has 4 aromatic rings. The highest BCUT2D eigenvalue weighted by molar-refractivity contribution is 7.14. The summed E-state index contributed by atoms with van der Waals surface area (Å²) in [6.45, 7) is 0. The number of nitrogens with zero attached hydrogens (tertiary/aromatic N) is 3. The van der Waals surface area contributed by atoms with E-state index >= 15 is 0 Å². The van der Waals surface area contributed by atoms with Crippen LogP contribution in [0.5, 0.6) is 5.75 Å². The lowest BCUT2D eigenvalue weighted by molar-refractivity contribution is -0.384. The SMILES string of the molecule is O=C(Oc1ccccc1/C=N\Nc1nc(-c2ccc(Cl)cc2)cs1)c1ccc([N+](=O)[O-])cc1. The molecule has 0 spiro atoms. The number of esters is 1. The van der Waals surface area contributed by atoms with Crippen LogP contribution in [0.25, 0.3) is 11.3 Å². The van der Waals surface area contributed by atoms with Gasteiger partial charge in [-0.3, -0.25) is 15.5 Å².